The van der Waals surface area contributed by atoms with Crippen LogP contribution in [0, 0.1) is 0 Å². The summed E-state index contributed by atoms with van der Waals surface area (Å²) in [4.78, 5) is 12.6. The first kappa shape index (κ1) is 26.3. The molecule has 3 heteroatoms. The summed E-state index contributed by atoms with van der Waals surface area (Å²) in [6.07, 6.45) is 12.8. The molecule has 3 nitrogen and oxygen atoms in total. The minimum Gasteiger partial charge on any atom is -0.494 e. The van der Waals surface area contributed by atoms with E-state index >= 15 is 0 Å². The number of aryl methyl sites for hydroxylation is 1. The number of hydrogen-bond donors (Lipinski definition) is 0. The van der Waals surface area contributed by atoms with E-state index in [0.717, 1.165) is 36.1 Å². The second kappa shape index (κ2) is 14.8. The van der Waals surface area contributed by atoms with Crippen LogP contribution in [0.4, 0.5) is 0 Å². The van der Waals surface area contributed by atoms with Crippen molar-refractivity contribution >= 4 is 5.97 Å². The van der Waals surface area contributed by atoms with Crippen LogP contribution in [0.3, 0.4) is 0 Å². The van der Waals surface area contributed by atoms with Gasteiger partial charge in [0.2, 0.25) is 0 Å². The van der Waals surface area contributed by atoms with Crippen molar-refractivity contribution in [2.75, 3.05) is 6.61 Å². The van der Waals surface area contributed by atoms with Crippen molar-refractivity contribution in [1.82, 2.24) is 0 Å². The summed E-state index contributed by atoms with van der Waals surface area (Å²) in [7, 11) is 0. The van der Waals surface area contributed by atoms with Gasteiger partial charge < -0.3 is 9.47 Å². The van der Waals surface area contributed by atoms with Gasteiger partial charge in [-0.05, 0) is 78.8 Å². The van der Waals surface area contributed by atoms with Crippen LogP contribution in [-0.4, -0.2) is 12.6 Å². The van der Waals surface area contributed by atoms with E-state index in [2.05, 4.69) is 37.8 Å². The minimum absolute atomic E-state index is 0.370. The second-order valence-electron chi connectivity index (χ2n) is 8.93. The monoisotopic (exact) mass is 470 g/mol. The first-order chi connectivity index (χ1) is 17.2. The van der Waals surface area contributed by atoms with Crippen LogP contribution in [0.25, 0.3) is 11.1 Å². The predicted molar refractivity (Wildman–Crippen MR) is 145 cm³/mol. The molecule has 0 saturated heterocycles. The molecule has 0 aliphatic heterocycles. The van der Waals surface area contributed by atoms with Gasteiger partial charge in [-0.3, -0.25) is 0 Å². The molecule has 0 fully saturated rings. The third kappa shape index (κ3) is 9.09. The topological polar surface area (TPSA) is 35.5 Å². The molecule has 0 spiro atoms. The third-order valence-corrected chi connectivity index (χ3v) is 6.08. The molecular formula is C32H38O3. The van der Waals surface area contributed by atoms with Crippen molar-refractivity contribution in [2.24, 2.45) is 0 Å². The normalized spacial score (nSPS) is 10.7. The fourth-order valence-electron chi connectivity index (χ4n) is 3.96. The number of allylic oxidation sites excluding steroid dienone is 1. The molecule has 0 N–H and O–H groups in total. The lowest BCUT2D eigenvalue weighted by Gasteiger charge is -2.08. The molecule has 3 aromatic rings. The van der Waals surface area contributed by atoms with Crippen LogP contribution in [0.5, 0.6) is 11.5 Å². The van der Waals surface area contributed by atoms with Crippen LogP contribution in [-0.2, 0) is 6.42 Å². The molecule has 0 atom stereocenters. The minimum atomic E-state index is -0.370. The Balaban J connectivity index is 1.47. The molecule has 0 heterocycles. The highest BCUT2D eigenvalue weighted by atomic mass is 16.5. The van der Waals surface area contributed by atoms with Gasteiger partial charge in [0.15, 0.2) is 0 Å². The standard InChI is InChI=1S/C32H38O3/c1-3-5-7-8-9-10-12-26-13-15-27(16-14-26)28-17-19-29(20-18-28)32(33)35-31-23-21-30(22-24-31)34-25-11-6-4-2/h4,13-24H,2-3,5-12,25H2,1H3. The maximum absolute atomic E-state index is 12.6. The van der Waals surface area contributed by atoms with Crippen LogP contribution >= 0.6 is 0 Å². The molecule has 0 unspecified atom stereocenters. The molecule has 3 rings (SSSR count). The Hall–Kier alpha value is -3.33. The average Bonchev–Trinajstić information content (AvgIpc) is 2.90. The van der Waals surface area contributed by atoms with E-state index in [0.29, 0.717) is 17.9 Å². The highest BCUT2D eigenvalue weighted by molar-refractivity contribution is 5.91. The van der Waals surface area contributed by atoms with E-state index in [1.165, 1.54) is 44.1 Å². The molecule has 0 aliphatic rings. The van der Waals surface area contributed by atoms with Gasteiger partial charge in [0.05, 0.1) is 12.2 Å². The molecule has 3 aromatic carbocycles. The lowest BCUT2D eigenvalue weighted by molar-refractivity contribution is 0.0734. The number of carbonyl (C=O) groups is 1. The lowest BCUT2D eigenvalue weighted by Crippen LogP contribution is -2.08. The van der Waals surface area contributed by atoms with Crippen LogP contribution in [0.2, 0.25) is 0 Å². The zero-order chi connectivity index (χ0) is 24.7. The highest BCUT2D eigenvalue weighted by Gasteiger charge is 2.09. The van der Waals surface area contributed by atoms with Crippen molar-refractivity contribution in [3.05, 3.63) is 96.6 Å². The van der Waals surface area contributed by atoms with E-state index < -0.39 is 0 Å². The van der Waals surface area contributed by atoms with Gasteiger partial charge in [-0.2, -0.15) is 0 Å². The third-order valence-electron chi connectivity index (χ3n) is 6.08. The molecule has 0 aromatic heterocycles. The Morgan fingerprint density at radius 1 is 0.743 bits per heavy atom. The Morgan fingerprint density at radius 2 is 1.34 bits per heavy atom. The van der Waals surface area contributed by atoms with E-state index in [-0.39, 0.29) is 5.97 Å². The highest BCUT2D eigenvalue weighted by Crippen LogP contribution is 2.23. The number of esters is 1. The Labute approximate surface area is 210 Å². The van der Waals surface area contributed by atoms with Crippen molar-refractivity contribution < 1.29 is 14.3 Å². The summed E-state index contributed by atoms with van der Waals surface area (Å²) in [5.41, 5.74) is 4.15. The van der Waals surface area contributed by atoms with Gasteiger partial charge >= 0.3 is 5.97 Å². The van der Waals surface area contributed by atoms with Gasteiger partial charge in [-0.25, -0.2) is 4.79 Å². The number of ether oxygens (including phenoxy) is 2. The first-order valence-electron chi connectivity index (χ1n) is 12.9. The van der Waals surface area contributed by atoms with Crippen molar-refractivity contribution in [2.45, 2.75) is 64.7 Å². The quantitative estimate of drug-likeness (QED) is 0.0963. The van der Waals surface area contributed by atoms with Gasteiger partial charge in [-0.1, -0.05) is 81.5 Å². The van der Waals surface area contributed by atoms with E-state index in [1.54, 1.807) is 12.1 Å². The largest absolute Gasteiger partial charge is 0.494 e. The average molecular weight is 471 g/mol. The molecule has 0 aliphatic carbocycles. The Bertz CT molecular complexity index is 1020. The zero-order valence-electron chi connectivity index (χ0n) is 21.0. The van der Waals surface area contributed by atoms with Gasteiger partial charge in [0.25, 0.3) is 0 Å². The number of unbranched alkanes of at least 4 members (excludes halogenated alkanes) is 6. The first-order valence-corrected chi connectivity index (χ1v) is 12.9. The van der Waals surface area contributed by atoms with E-state index in [9.17, 15) is 4.79 Å². The fourth-order valence-corrected chi connectivity index (χ4v) is 3.96. The summed E-state index contributed by atoms with van der Waals surface area (Å²) in [6, 6.07) is 23.5. The number of rotatable bonds is 15. The fraction of sp³-hybridized carbons (Fsp3) is 0.344. The van der Waals surface area contributed by atoms with Gasteiger partial charge in [0, 0.05) is 0 Å². The summed E-state index contributed by atoms with van der Waals surface area (Å²) < 4.78 is 11.2. The smallest absolute Gasteiger partial charge is 0.343 e. The van der Waals surface area contributed by atoms with Crippen molar-refractivity contribution in [3.8, 4) is 22.6 Å². The van der Waals surface area contributed by atoms with Gasteiger partial charge in [-0.15, -0.1) is 6.58 Å². The molecule has 0 saturated carbocycles. The summed E-state index contributed by atoms with van der Waals surface area (Å²) in [6.45, 7) is 6.60. The number of carbonyl (C=O) groups excluding carboxylic acids is 1. The maximum Gasteiger partial charge on any atom is 0.343 e. The maximum atomic E-state index is 12.6. The molecule has 0 radical (unpaired) electrons. The predicted octanol–water partition coefficient (Wildman–Crippen LogP) is 8.82. The molecule has 0 amide bonds. The summed E-state index contributed by atoms with van der Waals surface area (Å²) in [5, 5.41) is 0. The molecule has 184 valence electrons. The van der Waals surface area contributed by atoms with Crippen LogP contribution in [0.15, 0.2) is 85.5 Å². The Morgan fingerprint density at radius 3 is 2.00 bits per heavy atom. The molecule has 35 heavy (non-hydrogen) atoms. The summed E-state index contributed by atoms with van der Waals surface area (Å²) in [5.74, 6) is 0.889. The molecular weight excluding hydrogens is 432 g/mol. The second-order valence-corrected chi connectivity index (χ2v) is 8.93. The Kier molecular flexibility index (Phi) is 11.1. The van der Waals surface area contributed by atoms with E-state index in [1.807, 2.05) is 42.5 Å². The van der Waals surface area contributed by atoms with Crippen molar-refractivity contribution in [3.63, 3.8) is 0 Å². The molecule has 0 bridgehead atoms. The van der Waals surface area contributed by atoms with E-state index in [4.69, 9.17) is 9.47 Å². The van der Waals surface area contributed by atoms with Crippen LogP contribution in [0.1, 0.15) is 74.2 Å². The SMILES string of the molecule is C=CCCCOc1ccc(OC(=O)c2ccc(-c3ccc(CCCCCCCC)cc3)cc2)cc1. The summed E-state index contributed by atoms with van der Waals surface area (Å²) >= 11 is 0. The van der Waals surface area contributed by atoms with Crippen molar-refractivity contribution in [1.29, 1.82) is 0 Å². The zero-order valence-corrected chi connectivity index (χ0v) is 21.0. The van der Waals surface area contributed by atoms with Crippen LogP contribution < -0.4 is 9.47 Å². The van der Waals surface area contributed by atoms with Gasteiger partial charge in [0.1, 0.15) is 11.5 Å². The lowest BCUT2D eigenvalue weighted by atomic mass is 10.00. The number of benzene rings is 3. The number of hydrogen-bond acceptors (Lipinski definition) is 3.